The Kier molecular flexibility index (Phi) is 5.20. The molecule has 0 fully saturated rings. The van der Waals surface area contributed by atoms with Crippen molar-refractivity contribution in [3.05, 3.63) is 29.6 Å². The van der Waals surface area contributed by atoms with Crippen molar-refractivity contribution < 1.29 is 18.0 Å². The molecule has 0 aliphatic rings. The normalized spacial score (nSPS) is 14.6. The Balaban J connectivity index is 3.02. The van der Waals surface area contributed by atoms with Gasteiger partial charge in [-0.15, -0.1) is 6.58 Å². The first-order valence-corrected chi connectivity index (χ1v) is 6.60. The average molecular weight is 303 g/mol. The van der Waals surface area contributed by atoms with E-state index in [1.807, 2.05) is 0 Å². The minimum absolute atomic E-state index is 0.203. The fraction of sp³-hybridized carbons (Fsp3) is 0.571. The number of hydrogen-bond acceptors (Lipinski definition) is 2. The first-order chi connectivity index (χ1) is 9.56. The van der Waals surface area contributed by atoms with Crippen LogP contribution in [0.3, 0.4) is 0 Å². The number of carbonyl (C=O) groups excluding carboxylic acids is 1. The average Bonchev–Trinajstić information content (AvgIpc) is 2.61. The third-order valence-electron chi connectivity index (χ3n) is 3.32. The molecule has 118 valence electrons. The Morgan fingerprint density at radius 2 is 2.00 bits per heavy atom. The van der Waals surface area contributed by atoms with Crippen LogP contribution in [0.15, 0.2) is 12.7 Å². The Hall–Kier alpha value is -1.79. The maximum absolute atomic E-state index is 12.5. The third-order valence-corrected chi connectivity index (χ3v) is 3.32. The summed E-state index contributed by atoms with van der Waals surface area (Å²) in [6, 6.07) is -0.203. The fourth-order valence-corrected chi connectivity index (χ4v) is 2.20. The van der Waals surface area contributed by atoms with Gasteiger partial charge in [-0.3, -0.25) is 9.48 Å². The van der Waals surface area contributed by atoms with Crippen molar-refractivity contribution in [1.82, 2.24) is 15.1 Å². The third kappa shape index (κ3) is 4.34. The van der Waals surface area contributed by atoms with Gasteiger partial charge >= 0.3 is 6.18 Å². The number of halogens is 3. The zero-order valence-corrected chi connectivity index (χ0v) is 12.6. The fourth-order valence-electron chi connectivity index (χ4n) is 2.20. The molecule has 0 saturated heterocycles. The van der Waals surface area contributed by atoms with Gasteiger partial charge in [0.25, 0.3) is 0 Å². The van der Waals surface area contributed by atoms with E-state index in [0.717, 1.165) is 4.68 Å². The molecule has 1 aromatic rings. The van der Waals surface area contributed by atoms with E-state index in [2.05, 4.69) is 17.0 Å². The lowest BCUT2D eigenvalue weighted by molar-refractivity contribution is -0.143. The number of nitrogens with zero attached hydrogens (tertiary/aromatic N) is 2. The first kappa shape index (κ1) is 17.3. The number of hydrogen-bond donors (Lipinski definition) is 1. The molecule has 2 atom stereocenters. The van der Waals surface area contributed by atoms with Gasteiger partial charge in [-0.25, -0.2) is 0 Å². The lowest BCUT2D eigenvalue weighted by Crippen LogP contribution is -2.34. The van der Waals surface area contributed by atoms with Crippen LogP contribution in [0.4, 0.5) is 13.2 Å². The van der Waals surface area contributed by atoms with E-state index in [1.165, 1.54) is 0 Å². The van der Waals surface area contributed by atoms with Gasteiger partial charge in [0.1, 0.15) is 6.54 Å². The molecule has 0 unspecified atom stereocenters. The summed E-state index contributed by atoms with van der Waals surface area (Å²) in [7, 11) is 0. The summed E-state index contributed by atoms with van der Waals surface area (Å²) in [6.45, 7) is 8.99. The molecule has 0 saturated carbocycles. The lowest BCUT2D eigenvalue weighted by Gasteiger charge is -2.16. The highest BCUT2D eigenvalue weighted by Gasteiger charge is 2.31. The van der Waals surface area contributed by atoms with Crippen LogP contribution in [0, 0.1) is 13.8 Å². The number of amides is 1. The van der Waals surface area contributed by atoms with E-state index in [9.17, 15) is 18.0 Å². The van der Waals surface area contributed by atoms with Crippen molar-refractivity contribution >= 4 is 5.91 Å². The summed E-state index contributed by atoms with van der Waals surface area (Å²) in [6.07, 6.45) is -2.76. The zero-order valence-electron chi connectivity index (χ0n) is 12.6. The molecule has 0 bridgehead atoms. The number of carbonyl (C=O) groups is 1. The summed E-state index contributed by atoms with van der Waals surface area (Å²) in [4.78, 5) is 12.1. The van der Waals surface area contributed by atoms with Crippen molar-refractivity contribution in [1.29, 1.82) is 0 Å². The van der Waals surface area contributed by atoms with Gasteiger partial charge in [-0.2, -0.15) is 18.3 Å². The summed E-state index contributed by atoms with van der Waals surface area (Å²) in [5, 5.41) is 6.62. The summed E-state index contributed by atoms with van der Waals surface area (Å²) in [5.74, 6) is -0.838. The highest BCUT2D eigenvalue weighted by atomic mass is 19.4. The summed E-state index contributed by atoms with van der Waals surface area (Å²) in [5.41, 5.74) is 1.33. The van der Waals surface area contributed by atoms with Crippen LogP contribution in [-0.2, 0) is 11.3 Å². The maximum Gasteiger partial charge on any atom is 0.408 e. The minimum atomic E-state index is -4.34. The molecule has 0 radical (unpaired) electrons. The molecular weight excluding hydrogens is 283 g/mol. The van der Waals surface area contributed by atoms with E-state index in [4.69, 9.17) is 0 Å². The van der Waals surface area contributed by atoms with Gasteiger partial charge in [0, 0.05) is 17.3 Å². The highest BCUT2D eigenvalue weighted by Crippen LogP contribution is 2.26. The van der Waals surface area contributed by atoms with Crippen molar-refractivity contribution in [2.24, 2.45) is 0 Å². The van der Waals surface area contributed by atoms with E-state index in [-0.39, 0.29) is 11.9 Å². The van der Waals surface area contributed by atoms with Gasteiger partial charge in [0.15, 0.2) is 0 Å². The molecule has 1 N–H and O–H groups in total. The predicted molar refractivity (Wildman–Crippen MR) is 74.0 cm³/mol. The van der Waals surface area contributed by atoms with Gasteiger partial charge in [-0.05, 0) is 27.7 Å². The topological polar surface area (TPSA) is 46.9 Å². The van der Waals surface area contributed by atoms with Crippen LogP contribution in [0.2, 0.25) is 0 Å². The molecule has 4 nitrogen and oxygen atoms in total. The van der Waals surface area contributed by atoms with E-state index in [0.29, 0.717) is 17.0 Å². The number of nitrogens with one attached hydrogen (secondary N) is 1. The number of aromatic nitrogens is 2. The summed E-state index contributed by atoms with van der Waals surface area (Å²) >= 11 is 0. The van der Waals surface area contributed by atoms with Crippen LogP contribution in [-0.4, -0.2) is 27.9 Å². The molecule has 7 heteroatoms. The van der Waals surface area contributed by atoms with Crippen molar-refractivity contribution in [3.8, 4) is 0 Å². The molecule has 1 amide bonds. The molecule has 1 aromatic heterocycles. The molecular formula is C14H20F3N3O. The lowest BCUT2D eigenvalue weighted by atomic mass is 9.98. The first-order valence-electron chi connectivity index (χ1n) is 6.60. The Bertz CT molecular complexity index is 534. The van der Waals surface area contributed by atoms with Crippen LogP contribution in [0.1, 0.15) is 36.7 Å². The smallest absolute Gasteiger partial charge is 0.350 e. The molecule has 21 heavy (non-hydrogen) atoms. The standard InChI is InChI=1S/C14H20F3N3O/c1-6-8(2)18-13(21)9(3)12-10(4)19-20(11(12)5)7-14(15,16)17/h6,8-9H,1,7H2,2-5H3,(H,18,21)/t8-,9-/m1/s1. The molecule has 1 rings (SSSR count). The quantitative estimate of drug-likeness (QED) is 0.850. The van der Waals surface area contributed by atoms with Crippen LogP contribution in [0.5, 0.6) is 0 Å². The van der Waals surface area contributed by atoms with Gasteiger partial charge < -0.3 is 5.32 Å². The monoisotopic (exact) mass is 303 g/mol. The second kappa shape index (κ2) is 6.32. The van der Waals surface area contributed by atoms with Crippen LogP contribution < -0.4 is 5.32 Å². The molecule has 0 aliphatic carbocycles. The van der Waals surface area contributed by atoms with Gasteiger partial charge in [-0.1, -0.05) is 6.08 Å². The van der Waals surface area contributed by atoms with E-state index < -0.39 is 18.6 Å². The minimum Gasteiger partial charge on any atom is -0.350 e. The van der Waals surface area contributed by atoms with Gasteiger partial charge in [0.2, 0.25) is 5.91 Å². The van der Waals surface area contributed by atoms with Crippen molar-refractivity contribution in [3.63, 3.8) is 0 Å². The molecule has 1 heterocycles. The highest BCUT2D eigenvalue weighted by molar-refractivity contribution is 5.84. The van der Waals surface area contributed by atoms with Crippen LogP contribution in [0.25, 0.3) is 0 Å². The maximum atomic E-state index is 12.5. The summed E-state index contributed by atoms with van der Waals surface area (Å²) < 4.78 is 38.4. The molecule has 0 spiro atoms. The van der Waals surface area contributed by atoms with E-state index >= 15 is 0 Å². The van der Waals surface area contributed by atoms with Crippen LogP contribution >= 0.6 is 0 Å². The zero-order chi connectivity index (χ0) is 16.4. The largest absolute Gasteiger partial charge is 0.408 e. The van der Waals surface area contributed by atoms with Crippen molar-refractivity contribution in [2.75, 3.05) is 0 Å². The number of aryl methyl sites for hydroxylation is 1. The SMILES string of the molecule is C=C[C@@H](C)NC(=O)[C@H](C)c1c(C)nn(CC(F)(F)F)c1C. The Labute approximate surface area is 122 Å². The van der Waals surface area contributed by atoms with E-state index in [1.54, 1.807) is 33.8 Å². The predicted octanol–water partition coefficient (Wildman–Crippen LogP) is 2.86. The number of alkyl halides is 3. The Morgan fingerprint density at radius 1 is 1.43 bits per heavy atom. The molecule has 0 aromatic carbocycles. The Morgan fingerprint density at radius 3 is 2.48 bits per heavy atom. The van der Waals surface area contributed by atoms with Crippen molar-refractivity contribution in [2.45, 2.75) is 52.4 Å². The second-order valence-corrected chi connectivity index (χ2v) is 5.11. The second-order valence-electron chi connectivity index (χ2n) is 5.11. The van der Waals surface area contributed by atoms with Gasteiger partial charge in [0.05, 0.1) is 11.6 Å². The molecule has 0 aliphatic heterocycles. The number of rotatable bonds is 5.